The summed E-state index contributed by atoms with van der Waals surface area (Å²) in [5, 5.41) is 8.70. The summed E-state index contributed by atoms with van der Waals surface area (Å²) >= 11 is 0. The van der Waals surface area contributed by atoms with Crippen molar-refractivity contribution in [2.45, 2.75) is 13.5 Å². The van der Waals surface area contributed by atoms with Gasteiger partial charge in [-0.05, 0) is 31.7 Å². The number of nitrogens with zero attached hydrogens (tertiary/aromatic N) is 3. The van der Waals surface area contributed by atoms with Gasteiger partial charge in [0.1, 0.15) is 0 Å². The van der Waals surface area contributed by atoms with Crippen LogP contribution >= 0.6 is 0 Å². The third-order valence-electron chi connectivity index (χ3n) is 3.08. The molecule has 0 unspecified atom stereocenters. The molecule has 0 atom stereocenters. The Balaban J connectivity index is 2.22. The molecule has 3 aromatic rings. The number of para-hydroxylation sites is 1. The third-order valence-corrected chi connectivity index (χ3v) is 3.08. The SMILES string of the molecule is CNCc1cc2ccccc2nc1-n1cc(C)cn1. The maximum Gasteiger partial charge on any atom is 0.158 e. The molecule has 96 valence electrons. The first-order chi connectivity index (χ1) is 9.28. The van der Waals surface area contributed by atoms with E-state index in [-0.39, 0.29) is 0 Å². The van der Waals surface area contributed by atoms with E-state index in [4.69, 9.17) is 4.98 Å². The fourth-order valence-corrected chi connectivity index (χ4v) is 2.20. The summed E-state index contributed by atoms with van der Waals surface area (Å²) in [7, 11) is 1.94. The van der Waals surface area contributed by atoms with Gasteiger partial charge in [0.2, 0.25) is 0 Å². The molecule has 0 radical (unpaired) electrons. The molecule has 0 aliphatic heterocycles. The lowest BCUT2D eigenvalue weighted by Crippen LogP contribution is -2.11. The number of nitrogens with one attached hydrogen (secondary N) is 1. The maximum absolute atomic E-state index is 4.74. The molecule has 0 aliphatic rings. The van der Waals surface area contributed by atoms with Crippen molar-refractivity contribution in [1.82, 2.24) is 20.1 Å². The molecule has 4 nitrogen and oxygen atoms in total. The molecule has 4 heteroatoms. The van der Waals surface area contributed by atoms with Crippen LogP contribution in [-0.2, 0) is 6.54 Å². The average molecular weight is 252 g/mol. The highest BCUT2D eigenvalue weighted by molar-refractivity contribution is 5.80. The lowest BCUT2D eigenvalue weighted by Gasteiger charge is -2.10. The summed E-state index contributed by atoms with van der Waals surface area (Å²) in [6.45, 7) is 2.80. The first kappa shape index (κ1) is 11.9. The minimum atomic E-state index is 0.770. The second kappa shape index (κ2) is 4.82. The topological polar surface area (TPSA) is 42.7 Å². The quantitative estimate of drug-likeness (QED) is 0.778. The molecule has 1 aromatic carbocycles. The molecule has 1 N–H and O–H groups in total. The maximum atomic E-state index is 4.74. The Hall–Kier alpha value is -2.20. The van der Waals surface area contributed by atoms with Gasteiger partial charge < -0.3 is 5.32 Å². The summed E-state index contributed by atoms with van der Waals surface area (Å²) < 4.78 is 1.84. The number of fused-ring (bicyclic) bond motifs is 1. The molecule has 0 saturated heterocycles. The van der Waals surface area contributed by atoms with E-state index in [1.165, 1.54) is 0 Å². The average Bonchev–Trinajstić information content (AvgIpc) is 2.85. The van der Waals surface area contributed by atoms with Gasteiger partial charge in [-0.25, -0.2) is 9.67 Å². The molecule has 0 fully saturated rings. The molecule has 0 saturated carbocycles. The van der Waals surface area contributed by atoms with Gasteiger partial charge in [0, 0.05) is 23.7 Å². The minimum absolute atomic E-state index is 0.770. The monoisotopic (exact) mass is 252 g/mol. The number of hydrogen-bond donors (Lipinski definition) is 1. The number of pyridine rings is 1. The standard InChI is InChI=1S/C15H16N4/c1-11-8-17-19(10-11)15-13(9-16-2)7-12-5-3-4-6-14(12)18-15/h3-8,10,16H,9H2,1-2H3. The van der Waals surface area contributed by atoms with Gasteiger partial charge >= 0.3 is 0 Å². The van der Waals surface area contributed by atoms with E-state index in [2.05, 4.69) is 22.5 Å². The highest BCUT2D eigenvalue weighted by atomic mass is 15.3. The normalized spacial score (nSPS) is 11.1. The number of aryl methyl sites for hydroxylation is 1. The smallest absolute Gasteiger partial charge is 0.158 e. The van der Waals surface area contributed by atoms with Crippen LogP contribution in [0.4, 0.5) is 0 Å². The van der Waals surface area contributed by atoms with Gasteiger partial charge in [-0.3, -0.25) is 0 Å². The van der Waals surface area contributed by atoms with Crippen LogP contribution in [0.3, 0.4) is 0 Å². The van der Waals surface area contributed by atoms with Crippen LogP contribution in [-0.4, -0.2) is 21.8 Å². The van der Waals surface area contributed by atoms with Crippen LogP contribution in [0, 0.1) is 6.92 Å². The summed E-state index contributed by atoms with van der Waals surface area (Å²) in [4.78, 5) is 4.74. The first-order valence-electron chi connectivity index (χ1n) is 6.33. The molecule has 19 heavy (non-hydrogen) atoms. The van der Waals surface area contributed by atoms with Gasteiger partial charge in [0.25, 0.3) is 0 Å². The highest BCUT2D eigenvalue weighted by Crippen LogP contribution is 2.19. The number of benzene rings is 1. The molecule has 0 aliphatic carbocycles. The Morgan fingerprint density at radius 2 is 2.11 bits per heavy atom. The molecular weight excluding hydrogens is 236 g/mol. The fourth-order valence-electron chi connectivity index (χ4n) is 2.20. The Bertz CT molecular complexity index is 715. The molecular formula is C15H16N4. The Morgan fingerprint density at radius 3 is 2.84 bits per heavy atom. The van der Waals surface area contributed by atoms with Crippen LogP contribution in [0.1, 0.15) is 11.1 Å². The summed E-state index contributed by atoms with van der Waals surface area (Å²) in [5.41, 5.74) is 3.26. The lowest BCUT2D eigenvalue weighted by molar-refractivity contribution is 0.775. The summed E-state index contributed by atoms with van der Waals surface area (Å²) in [6, 6.07) is 10.3. The van der Waals surface area contributed by atoms with Gasteiger partial charge in [-0.1, -0.05) is 18.2 Å². The van der Waals surface area contributed by atoms with Crippen LogP contribution < -0.4 is 5.32 Å². The zero-order chi connectivity index (χ0) is 13.2. The van der Waals surface area contributed by atoms with Crippen LogP contribution in [0.5, 0.6) is 0 Å². The van der Waals surface area contributed by atoms with E-state index in [0.29, 0.717) is 0 Å². The van der Waals surface area contributed by atoms with E-state index in [9.17, 15) is 0 Å². The highest BCUT2D eigenvalue weighted by Gasteiger charge is 2.09. The first-order valence-corrected chi connectivity index (χ1v) is 6.33. The van der Waals surface area contributed by atoms with Crippen molar-refractivity contribution in [2.75, 3.05) is 7.05 Å². The lowest BCUT2D eigenvalue weighted by atomic mass is 10.1. The summed E-state index contributed by atoms with van der Waals surface area (Å²) in [6.07, 6.45) is 3.84. The van der Waals surface area contributed by atoms with E-state index >= 15 is 0 Å². The number of hydrogen-bond acceptors (Lipinski definition) is 3. The van der Waals surface area contributed by atoms with Crippen LogP contribution in [0.2, 0.25) is 0 Å². The Kier molecular flexibility index (Phi) is 3.01. The van der Waals surface area contributed by atoms with Crippen molar-refractivity contribution in [3.63, 3.8) is 0 Å². The van der Waals surface area contributed by atoms with Crippen molar-refractivity contribution in [3.05, 3.63) is 53.9 Å². The third kappa shape index (κ3) is 2.22. The van der Waals surface area contributed by atoms with Gasteiger partial charge in [-0.2, -0.15) is 5.10 Å². The van der Waals surface area contributed by atoms with Crippen molar-refractivity contribution >= 4 is 10.9 Å². The molecule has 0 bridgehead atoms. The largest absolute Gasteiger partial charge is 0.316 e. The van der Waals surface area contributed by atoms with Crippen LogP contribution in [0.25, 0.3) is 16.7 Å². The second-order valence-electron chi connectivity index (χ2n) is 4.66. The van der Waals surface area contributed by atoms with Crippen molar-refractivity contribution in [3.8, 4) is 5.82 Å². The van der Waals surface area contributed by atoms with Gasteiger partial charge in [0.05, 0.1) is 11.7 Å². The molecule has 2 heterocycles. The van der Waals surface area contributed by atoms with E-state index in [0.717, 1.165) is 34.4 Å². The predicted molar refractivity (Wildman–Crippen MR) is 76.4 cm³/mol. The van der Waals surface area contributed by atoms with E-state index < -0.39 is 0 Å². The minimum Gasteiger partial charge on any atom is -0.316 e. The summed E-state index contributed by atoms with van der Waals surface area (Å²) in [5.74, 6) is 0.890. The fraction of sp³-hybridized carbons (Fsp3) is 0.200. The van der Waals surface area contributed by atoms with Gasteiger partial charge in [-0.15, -0.1) is 0 Å². The van der Waals surface area contributed by atoms with Crippen molar-refractivity contribution < 1.29 is 0 Å². The Labute approximate surface area is 112 Å². The number of rotatable bonds is 3. The molecule has 3 rings (SSSR count). The van der Waals surface area contributed by atoms with E-state index in [1.54, 1.807) is 0 Å². The number of aromatic nitrogens is 3. The molecule has 2 aromatic heterocycles. The van der Waals surface area contributed by atoms with E-state index in [1.807, 2.05) is 49.2 Å². The molecule has 0 spiro atoms. The van der Waals surface area contributed by atoms with Crippen LogP contribution in [0.15, 0.2) is 42.7 Å². The predicted octanol–water partition coefficient (Wildman–Crippen LogP) is 2.45. The zero-order valence-electron chi connectivity index (χ0n) is 11.1. The Morgan fingerprint density at radius 1 is 1.26 bits per heavy atom. The molecule has 0 amide bonds. The zero-order valence-corrected chi connectivity index (χ0v) is 11.1. The van der Waals surface area contributed by atoms with Crippen molar-refractivity contribution in [1.29, 1.82) is 0 Å². The second-order valence-corrected chi connectivity index (χ2v) is 4.66. The van der Waals surface area contributed by atoms with Crippen molar-refractivity contribution in [2.24, 2.45) is 0 Å². The van der Waals surface area contributed by atoms with Gasteiger partial charge in [0.15, 0.2) is 5.82 Å².